The molecule has 5 nitrogen and oxygen atoms in total. The number of hydrogen-bond acceptors (Lipinski definition) is 4. The number of H-pyrrole nitrogens is 1. The maximum absolute atomic E-state index is 6.22. The highest BCUT2D eigenvalue weighted by atomic mass is 35.5. The van der Waals surface area contributed by atoms with Crippen molar-refractivity contribution in [3.8, 4) is 5.75 Å². The van der Waals surface area contributed by atoms with Gasteiger partial charge in [-0.2, -0.15) is 0 Å². The van der Waals surface area contributed by atoms with Gasteiger partial charge in [-0.3, -0.25) is 4.98 Å². The van der Waals surface area contributed by atoms with Crippen molar-refractivity contribution in [1.82, 2.24) is 15.3 Å². The first kappa shape index (κ1) is 19.0. The van der Waals surface area contributed by atoms with Crippen molar-refractivity contribution in [2.24, 2.45) is 0 Å². The van der Waals surface area contributed by atoms with Gasteiger partial charge in [-0.25, -0.2) is 0 Å². The van der Waals surface area contributed by atoms with Crippen LogP contribution in [-0.2, 0) is 6.42 Å². The van der Waals surface area contributed by atoms with Crippen LogP contribution >= 0.6 is 11.6 Å². The van der Waals surface area contributed by atoms with Crippen LogP contribution in [0.1, 0.15) is 22.9 Å². The van der Waals surface area contributed by atoms with Crippen molar-refractivity contribution >= 4 is 28.2 Å². The van der Waals surface area contributed by atoms with Gasteiger partial charge in [0.2, 0.25) is 0 Å². The Morgan fingerprint density at radius 2 is 2.03 bits per heavy atom. The van der Waals surface area contributed by atoms with E-state index >= 15 is 0 Å². The van der Waals surface area contributed by atoms with E-state index in [0.29, 0.717) is 6.61 Å². The first-order chi connectivity index (χ1) is 14.8. The number of benzene rings is 2. The maximum atomic E-state index is 6.22. The molecule has 0 aliphatic carbocycles. The molecule has 0 amide bonds. The molecule has 2 aromatic carbocycles. The molecule has 152 valence electrons. The van der Waals surface area contributed by atoms with Gasteiger partial charge in [-0.1, -0.05) is 23.7 Å². The van der Waals surface area contributed by atoms with Crippen LogP contribution in [0.25, 0.3) is 10.9 Å². The lowest BCUT2D eigenvalue weighted by Gasteiger charge is -2.25. The highest BCUT2D eigenvalue weighted by Gasteiger charge is 2.25. The summed E-state index contributed by atoms with van der Waals surface area (Å²) < 4.78 is 5.87. The second-order valence-corrected chi connectivity index (χ2v) is 7.87. The lowest BCUT2D eigenvalue weighted by Crippen LogP contribution is -2.30. The Kier molecular flexibility index (Phi) is 5.30. The van der Waals surface area contributed by atoms with Crippen LogP contribution in [0, 0.1) is 0 Å². The molecule has 1 unspecified atom stereocenters. The van der Waals surface area contributed by atoms with Crippen molar-refractivity contribution in [2.45, 2.75) is 12.5 Å². The van der Waals surface area contributed by atoms with Gasteiger partial charge in [0.25, 0.3) is 0 Å². The van der Waals surface area contributed by atoms with E-state index in [4.69, 9.17) is 16.3 Å². The molecule has 0 spiro atoms. The van der Waals surface area contributed by atoms with Gasteiger partial charge in [0, 0.05) is 47.1 Å². The number of hydrogen-bond donors (Lipinski definition) is 3. The SMILES string of the molecule is Clc1ccc2[nH]c3c(c2c1)CCNC3c1ccc(OCCNc2cccnc2)cc1. The van der Waals surface area contributed by atoms with Gasteiger partial charge in [-0.15, -0.1) is 0 Å². The predicted molar refractivity (Wildman–Crippen MR) is 122 cm³/mol. The minimum Gasteiger partial charge on any atom is -0.492 e. The van der Waals surface area contributed by atoms with E-state index in [0.717, 1.165) is 41.5 Å². The highest BCUT2D eigenvalue weighted by molar-refractivity contribution is 6.31. The Bertz CT molecular complexity index is 1140. The molecule has 2 aromatic heterocycles. The third-order valence-corrected chi connectivity index (χ3v) is 5.72. The van der Waals surface area contributed by atoms with Crippen LogP contribution in [0.15, 0.2) is 67.0 Å². The Balaban J connectivity index is 1.27. The van der Waals surface area contributed by atoms with E-state index in [2.05, 4.69) is 44.9 Å². The second-order valence-electron chi connectivity index (χ2n) is 7.43. The van der Waals surface area contributed by atoms with Gasteiger partial charge in [0.15, 0.2) is 0 Å². The number of aromatic amines is 1. The molecule has 1 atom stereocenters. The summed E-state index contributed by atoms with van der Waals surface area (Å²) in [4.78, 5) is 7.69. The Morgan fingerprint density at radius 3 is 2.87 bits per heavy atom. The van der Waals surface area contributed by atoms with E-state index in [1.807, 2.05) is 30.3 Å². The Morgan fingerprint density at radius 1 is 1.13 bits per heavy atom. The smallest absolute Gasteiger partial charge is 0.119 e. The van der Waals surface area contributed by atoms with Crippen molar-refractivity contribution in [2.75, 3.05) is 25.0 Å². The summed E-state index contributed by atoms with van der Waals surface area (Å²) in [7, 11) is 0. The molecule has 3 heterocycles. The van der Waals surface area contributed by atoms with E-state index in [-0.39, 0.29) is 6.04 Å². The van der Waals surface area contributed by atoms with Crippen molar-refractivity contribution < 1.29 is 4.74 Å². The quantitative estimate of drug-likeness (QED) is 0.388. The minimum absolute atomic E-state index is 0.140. The van der Waals surface area contributed by atoms with Crippen molar-refractivity contribution in [3.05, 3.63) is 88.8 Å². The van der Waals surface area contributed by atoms with Crippen LogP contribution in [-0.4, -0.2) is 29.7 Å². The summed E-state index contributed by atoms with van der Waals surface area (Å²) in [5.41, 5.74) is 5.94. The monoisotopic (exact) mass is 418 g/mol. The Labute approximate surface area is 180 Å². The number of ether oxygens (including phenoxy) is 1. The molecule has 6 heteroatoms. The second kappa shape index (κ2) is 8.38. The fourth-order valence-corrected chi connectivity index (χ4v) is 4.24. The summed E-state index contributed by atoms with van der Waals surface area (Å²) in [6.07, 6.45) is 4.56. The summed E-state index contributed by atoms with van der Waals surface area (Å²) >= 11 is 6.22. The number of fused-ring (bicyclic) bond motifs is 3. The van der Waals surface area contributed by atoms with E-state index in [1.165, 1.54) is 22.2 Å². The molecule has 0 saturated carbocycles. The molecule has 3 N–H and O–H groups in total. The number of pyridine rings is 1. The Hall–Kier alpha value is -3.02. The number of nitrogens with one attached hydrogen (secondary N) is 3. The summed E-state index contributed by atoms with van der Waals surface area (Å²) in [6, 6.07) is 18.4. The zero-order chi connectivity index (χ0) is 20.3. The first-order valence-electron chi connectivity index (χ1n) is 10.2. The summed E-state index contributed by atoms with van der Waals surface area (Å²) in [6.45, 7) is 2.25. The third kappa shape index (κ3) is 3.86. The molecule has 0 fully saturated rings. The van der Waals surface area contributed by atoms with Crippen LogP contribution in [0.3, 0.4) is 0 Å². The molecule has 30 heavy (non-hydrogen) atoms. The third-order valence-electron chi connectivity index (χ3n) is 5.49. The molecule has 0 radical (unpaired) electrons. The lowest BCUT2D eigenvalue weighted by atomic mass is 9.94. The predicted octanol–water partition coefficient (Wildman–Crippen LogP) is 4.94. The molecule has 0 bridgehead atoms. The standard InChI is InChI=1S/C24H23ClN4O/c25-17-5-8-22-21(14-17)20-9-11-28-23(24(20)29-22)16-3-6-19(7-4-16)30-13-12-27-18-2-1-10-26-15-18/h1-8,10,14-15,23,27-29H,9,11-13H2. The topological polar surface area (TPSA) is 62.0 Å². The number of rotatable bonds is 6. The largest absolute Gasteiger partial charge is 0.492 e. The van der Waals surface area contributed by atoms with Crippen molar-refractivity contribution in [1.29, 1.82) is 0 Å². The fraction of sp³-hybridized carbons (Fsp3) is 0.208. The summed E-state index contributed by atoms with van der Waals surface area (Å²) in [5, 5.41) is 8.93. The van der Waals surface area contributed by atoms with Gasteiger partial charge < -0.3 is 20.4 Å². The van der Waals surface area contributed by atoms with Gasteiger partial charge >= 0.3 is 0 Å². The van der Waals surface area contributed by atoms with Gasteiger partial charge in [-0.05, 0) is 60.0 Å². The summed E-state index contributed by atoms with van der Waals surface area (Å²) in [5.74, 6) is 0.867. The first-order valence-corrected chi connectivity index (χ1v) is 10.6. The molecular weight excluding hydrogens is 396 g/mol. The molecule has 1 aliphatic heterocycles. The minimum atomic E-state index is 0.140. The van der Waals surface area contributed by atoms with Crippen LogP contribution in [0.2, 0.25) is 5.02 Å². The molecule has 4 aromatic rings. The van der Waals surface area contributed by atoms with Gasteiger partial charge in [0.05, 0.1) is 11.7 Å². The van der Waals surface area contributed by atoms with Crippen LogP contribution < -0.4 is 15.4 Å². The van der Waals surface area contributed by atoms with Gasteiger partial charge in [0.1, 0.15) is 12.4 Å². The number of nitrogens with zero attached hydrogens (tertiary/aromatic N) is 1. The number of anilines is 1. The number of aromatic nitrogens is 2. The number of halogens is 1. The van der Waals surface area contributed by atoms with E-state index in [1.54, 1.807) is 12.4 Å². The zero-order valence-corrected chi connectivity index (χ0v) is 17.2. The van der Waals surface area contributed by atoms with E-state index < -0.39 is 0 Å². The maximum Gasteiger partial charge on any atom is 0.119 e. The average molecular weight is 419 g/mol. The zero-order valence-electron chi connectivity index (χ0n) is 16.5. The molecule has 1 aliphatic rings. The van der Waals surface area contributed by atoms with E-state index in [9.17, 15) is 0 Å². The van der Waals surface area contributed by atoms with Crippen LogP contribution in [0.5, 0.6) is 5.75 Å². The molecular formula is C24H23ClN4O. The van der Waals surface area contributed by atoms with Crippen LogP contribution in [0.4, 0.5) is 5.69 Å². The molecule has 0 saturated heterocycles. The normalized spacial score (nSPS) is 15.7. The average Bonchev–Trinajstić information content (AvgIpc) is 3.16. The highest BCUT2D eigenvalue weighted by Crippen LogP contribution is 2.35. The van der Waals surface area contributed by atoms with Crippen molar-refractivity contribution in [3.63, 3.8) is 0 Å². The molecule has 5 rings (SSSR count). The fourth-order valence-electron chi connectivity index (χ4n) is 4.07. The lowest BCUT2D eigenvalue weighted by molar-refractivity contribution is 0.332.